The molecule has 0 saturated carbocycles. The number of halogens is 1. The van der Waals surface area contributed by atoms with Crippen molar-refractivity contribution in [1.29, 1.82) is 0 Å². The molecule has 0 bridgehead atoms. The number of methoxy groups -OCH3 is 1. The maximum absolute atomic E-state index is 5.20. The Bertz CT molecular complexity index is 465. The highest BCUT2D eigenvalue weighted by molar-refractivity contribution is 14.0. The summed E-state index contributed by atoms with van der Waals surface area (Å²) in [6, 6.07) is 8.20. The predicted molar refractivity (Wildman–Crippen MR) is 99.6 cm³/mol. The van der Waals surface area contributed by atoms with Crippen LogP contribution >= 0.6 is 24.0 Å². The molecule has 1 aromatic rings. The van der Waals surface area contributed by atoms with E-state index in [1.54, 1.807) is 14.2 Å². The van der Waals surface area contributed by atoms with Gasteiger partial charge in [0.15, 0.2) is 5.96 Å². The number of terminal acetylenes is 1. The second kappa shape index (κ2) is 11.3. The number of benzene rings is 1. The van der Waals surface area contributed by atoms with Crippen LogP contribution in [0, 0.1) is 12.3 Å². The smallest absolute Gasteiger partial charge is 0.191 e. The lowest BCUT2D eigenvalue weighted by molar-refractivity contribution is 0.414. The van der Waals surface area contributed by atoms with Gasteiger partial charge in [-0.3, -0.25) is 4.99 Å². The third kappa shape index (κ3) is 7.23. The third-order valence-electron chi connectivity index (χ3n) is 3.14. The summed E-state index contributed by atoms with van der Waals surface area (Å²) < 4.78 is 5.16. The van der Waals surface area contributed by atoms with Crippen molar-refractivity contribution in [3.05, 3.63) is 29.8 Å². The highest BCUT2D eigenvalue weighted by atomic mass is 127. The van der Waals surface area contributed by atoms with Crippen molar-refractivity contribution >= 4 is 29.9 Å². The first kappa shape index (κ1) is 19.6. The highest BCUT2D eigenvalue weighted by Crippen LogP contribution is 2.21. The predicted octanol–water partition coefficient (Wildman–Crippen LogP) is 2.61. The summed E-state index contributed by atoms with van der Waals surface area (Å²) in [5.74, 6) is 4.62. The Hall–Kier alpha value is -1.42. The van der Waals surface area contributed by atoms with Crippen LogP contribution in [0.1, 0.15) is 24.8 Å². The summed E-state index contributed by atoms with van der Waals surface area (Å²) >= 11 is 0. The van der Waals surface area contributed by atoms with E-state index in [2.05, 4.69) is 40.6 Å². The normalized spacial score (nSPS) is 11.8. The molecule has 0 saturated heterocycles. The molecule has 4 nitrogen and oxygen atoms in total. The number of rotatable bonds is 6. The number of guanidine groups is 1. The highest BCUT2D eigenvalue weighted by Gasteiger charge is 2.06. The molecule has 1 unspecified atom stereocenters. The van der Waals surface area contributed by atoms with Gasteiger partial charge in [0.1, 0.15) is 5.75 Å². The van der Waals surface area contributed by atoms with Gasteiger partial charge in [-0.2, -0.15) is 0 Å². The second-order valence-corrected chi connectivity index (χ2v) is 4.52. The van der Waals surface area contributed by atoms with Crippen molar-refractivity contribution in [1.82, 2.24) is 10.6 Å². The van der Waals surface area contributed by atoms with Crippen LogP contribution < -0.4 is 15.4 Å². The minimum absolute atomic E-state index is 0. The van der Waals surface area contributed by atoms with Crippen LogP contribution in [0.3, 0.4) is 0 Å². The Balaban J connectivity index is 0.00000400. The van der Waals surface area contributed by atoms with E-state index in [4.69, 9.17) is 11.2 Å². The quantitative estimate of drug-likeness (QED) is 0.334. The first-order valence-electron chi connectivity index (χ1n) is 6.73. The molecular weight excluding hydrogens is 377 g/mol. The summed E-state index contributed by atoms with van der Waals surface area (Å²) in [4.78, 5) is 4.10. The lowest BCUT2D eigenvalue weighted by atomic mass is 9.98. The molecule has 1 rings (SSSR count). The van der Waals surface area contributed by atoms with Gasteiger partial charge in [-0.05, 0) is 30.0 Å². The molecule has 0 fully saturated rings. The summed E-state index contributed by atoms with van der Waals surface area (Å²) in [5.41, 5.74) is 1.30. The van der Waals surface area contributed by atoms with E-state index in [1.165, 1.54) is 5.56 Å². The fourth-order valence-electron chi connectivity index (χ4n) is 1.86. The van der Waals surface area contributed by atoms with Gasteiger partial charge in [-0.1, -0.05) is 25.0 Å². The van der Waals surface area contributed by atoms with E-state index < -0.39 is 0 Å². The Morgan fingerprint density at radius 2 is 2.00 bits per heavy atom. The summed E-state index contributed by atoms with van der Waals surface area (Å²) in [6.07, 6.45) is 6.22. The zero-order valence-corrected chi connectivity index (χ0v) is 15.2. The zero-order chi connectivity index (χ0) is 14.8. The van der Waals surface area contributed by atoms with Gasteiger partial charge in [-0.15, -0.1) is 30.4 Å². The van der Waals surface area contributed by atoms with Crippen molar-refractivity contribution in [3.63, 3.8) is 0 Å². The Kier molecular flexibility index (Phi) is 10.5. The lowest BCUT2D eigenvalue weighted by Gasteiger charge is -2.14. The van der Waals surface area contributed by atoms with Gasteiger partial charge in [0.05, 0.1) is 13.7 Å². The van der Waals surface area contributed by atoms with E-state index in [0.717, 1.165) is 24.7 Å². The Morgan fingerprint density at radius 1 is 1.33 bits per heavy atom. The second-order valence-electron chi connectivity index (χ2n) is 4.52. The number of hydrogen-bond donors (Lipinski definition) is 2. The summed E-state index contributed by atoms with van der Waals surface area (Å²) in [7, 11) is 3.41. The molecule has 0 aromatic heterocycles. The Labute approximate surface area is 144 Å². The van der Waals surface area contributed by atoms with Crippen LogP contribution in [0.5, 0.6) is 5.75 Å². The summed E-state index contributed by atoms with van der Waals surface area (Å²) in [5, 5.41) is 6.28. The van der Waals surface area contributed by atoms with Gasteiger partial charge >= 0.3 is 0 Å². The van der Waals surface area contributed by atoms with Gasteiger partial charge < -0.3 is 15.4 Å². The molecule has 21 heavy (non-hydrogen) atoms. The van der Waals surface area contributed by atoms with Gasteiger partial charge in [0.2, 0.25) is 0 Å². The SMILES string of the molecule is C#CCNC(=NC)NCCC(C)c1ccc(OC)cc1.I. The first-order valence-corrected chi connectivity index (χ1v) is 6.73. The maximum Gasteiger partial charge on any atom is 0.191 e. The van der Waals surface area contributed by atoms with Crippen LogP contribution in [-0.2, 0) is 0 Å². The van der Waals surface area contributed by atoms with E-state index in [-0.39, 0.29) is 24.0 Å². The van der Waals surface area contributed by atoms with Crippen molar-refractivity contribution < 1.29 is 4.74 Å². The molecule has 0 amide bonds. The average Bonchev–Trinajstić information content (AvgIpc) is 2.50. The molecule has 5 heteroatoms. The number of hydrogen-bond acceptors (Lipinski definition) is 2. The number of aliphatic imine (C=N–C) groups is 1. The van der Waals surface area contributed by atoms with E-state index in [9.17, 15) is 0 Å². The van der Waals surface area contributed by atoms with E-state index in [1.807, 2.05) is 12.1 Å². The van der Waals surface area contributed by atoms with Crippen LogP contribution in [0.15, 0.2) is 29.3 Å². The fourth-order valence-corrected chi connectivity index (χ4v) is 1.86. The number of nitrogens with zero attached hydrogens (tertiary/aromatic N) is 1. The van der Waals surface area contributed by atoms with Crippen molar-refractivity contribution in [2.75, 3.05) is 27.2 Å². The molecule has 0 heterocycles. The fraction of sp³-hybridized carbons (Fsp3) is 0.438. The van der Waals surface area contributed by atoms with E-state index in [0.29, 0.717) is 12.5 Å². The minimum Gasteiger partial charge on any atom is -0.497 e. The molecule has 1 atom stereocenters. The lowest BCUT2D eigenvalue weighted by Crippen LogP contribution is -2.38. The number of nitrogens with one attached hydrogen (secondary N) is 2. The average molecular weight is 401 g/mol. The van der Waals surface area contributed by atoms with Crippen molar-refractivity contribution in [3.8, 4) is 18.1 Å². The Morgan fingerprint density at radius 3 is 2.52 bits per heavy atom. The molecule has 0 radical (unpaired) electrons. The minimum atomic E-state index is 0. The maximum atomic E-state index is 5.20. The van der Waals surface area contributed by atoms with Gasteiger partial charge in [0, 0.05) is 13.6 Å². The van der Waals surface area contributed by atoms with Crippen LogP contribution in [0.2, 0.25) is 0 Å². The third-order valence-corrected chi connectivity index (χ3v) is 3.14. The molecule has 0 spiro atoms. The molecule has 0 aliphatic heterocycles. The van der Waals surface area contributed by atoms with Gasteiger partial charge in [-0.25, -0.2) is 0 Å². The molecule has 0 aliphatic carbocycles. The molecule has 116 valence electrons. The van der Waals surface area contributed by atoms with Crippen LogP contribution in [-0.4, -0.2) is 33.2 Å². The van der Waals surface area contributed by atoms with Crippen molar-refractivity contribution in [2.24, 2.45) is 4.99 Å². The van der Waals surface area contributed by atoms with Crippen molar-refractivity contribution in [2.45, 2.75) is 19.3 Å². The number of ether oxygens (including phenoxy) is 1. The monoisotopic (exact) mass is 401 g/mol. The first-order chi connectivity index (χ1) is 9.71. The molecule has 1 aromatic carbocycles. The molecular formula is C16H24IN3O. The van der Waals surface area contributed by atoms with Crippen LogP contribution in [0.4, 0.5) is 0 Å². The standard InChI is InChI=1S/C16H23N3O.HI/c1-5-11-18-16(17-3)19-12-10-13(2)14-6-8-15(20-4)9-7-14;/h1,6-9,13H,10-12H2,2-4H3,(H2,17,18,19);1H. The summed E-state index contributed by atoms with van der Waals surface area (Å²) in [6.45, 7) is 3.53. The van der Waals surface area contributed by atoms with E-state index >= 15 is 0 Å². The molecule has 2 N–H and O–H groups in total. The topological polar surface area (TPSA) is 45.7 Å². The van der Waals surface area contributed by atoms with Gasteiger partial charge in [0.25, 0.3) is 0 Å². The largest absolute Gasteiger partial charge is 0.497 e. The molecule has 0 aliphatic rings. The zero-order valence-electron chi connectivity index (χ0n) is 12.8. The van der Waals surface area contributed by atoms with Crippen LogP contribution in [0.25, 0.3) is 0 Å².